The summed E-state index contributed by atoms with van der Waals surface area (Å²) in [5.74, 6) is 1.18. The second-order valence-electron chi connectivity index (χ2n) is 10.7. The fourth-order valence-corrected chi connectivity index (χ4v) is 5.95. The van der Waals surface area contributed by atoms with Crippen LogP contribution in [0.1, 0.15) is 39.0 Å². The Balaban J connectivity index is 1.17. The summed E-state index contributed by atoms with van der Waals surface area (Å²) in [6, 6.07) is 21.8. The van der Waals surface area contributed by atoms with Crippen molar-refractivity contribution in [3.8, 4) is 17.0 Å². The Morgan fingerprint density at radius 3 is 2.64 bits per heavy atom. The largest absolute Gasteiger partial charge is 0.496 e. The maximum Gasteiger partial charge on any atom is 0.251 e. The van der Waals surface area contributed by atoms with E-state index in [2.05, 4.69) is 61.3 Å². The average Bonchev–Trinajstić information content (AvgIpc) is 3.23. The van der Waals surface area contributed by atoms with Crippen LogP contribution in [0.4, 0.5) is 11.6 Å². The molecule has 10 heteroatoms. The summed E-state index contributed by atoms with van der Waals surface area (Å²) in [7, 11) is 1.68. The minimum Gasteiger partial charge on any atom is -0.496 e. The minimum atomic E-state index is -0.0758. The van der Waals surface area contributed by atoms with Gasteiger partial charge in [0.25, 0.3) is 5.91 Å². The van der Waals surface area contributed by atoms with Crippen LogP contribution in [0.3, 0.4) is 0 Å². The standard InChI is InChI=1S/C34H35IN6O3/c1-43-30-6-3-2-5-28(30)32-29-19-23(20-35)7-12-27(29)31-25(21-37-32)22-38-34(40-31)39-26-10-8-24(9-11-26)33(42)36-13-4-14-41-15-17-44-18-16-41/h2-3,5-12,19,22H,4,13-18,20-21H2,1H3,(H,36,42)(H,38,39,40). The molecule has 0 bridgehead atoms. The van der Waals surface area contributed by atoms with E-state index in [9.17, 15) is 4.79 Å². The zero-order chi connectivity index (χ0) is 30.3. The van der Waals surface area contributed by atoms with E-state index >= 15 is 0 Å². The molecule has 0 saturated carbocycles. The van der Waals surface area contributed by atoms with Crippen molar-refractivity contribution in [1.82, 2.24) is 20.2 Å². The lowest BCUT2D eigenvalue weighted by Gasteiger charge is -2.26. The van der Waals surface area contributed by atoms with Crippen LogP contribution in [-0.2, 0) is 15.7 Å². The Hall–Kier alpha value is -3.87. The molecule has 0 atom stereocenters. The van der Waals surface area contributed by atoms with Crippen LogP contribution in [0.15, 0.2) is 77.9 Å². The first-order valence-electron chi connectivity index (χ1n) is 14.8. The molecular weight excluding hydrogens is 667 g/mol. The van der Waals surface area contributed by atoms with Crippen LogP contribution < -0.4 is 15.4 Å². The fourth-order valence-electron chi connectivity index (χ4n) is 5.48. The Morgan fingerprint density at radius 1 is 1.02 bits per heavy atom. The van der Waals surface area contributed by atoms with Gasteiger partial charge < -0.3 is 20.1 Å². The summed E-state index contributed by atoms with van der Waals surface area (Å²) < 4.78 is 12.0. The van der Waals surface area contributed by atoms with E-state index in [1.165, 1.54) is 5.56 Å². The Morgan fingerprint density at radius 2 is 1.84 bits per heavy atom. The molecule has 6 rings (SSSR count). The lowest BCUT2D eigenvalue weighted by molar-refractivity contribution is 0.0374. The lowest BCUT2D eigenvalue weighted by Crippen LogP contribution is -2.38. The van der Waals surface area contributed by atoms with Crippen molar-refractivity contribution in [2.24, 2.45) is 4.99 Å². The van der Waals surface area contributed by atoms with E-state index in [0.29, 0.717) is 24.6 Å². The van der Waals surface area contributed by atoms with Gasteiger partial charge in [-0.15, -0.1) is 0 Å². The first-order valence-corrected chi connectivity index (χ1v) is 16.3. The number of benzene rings is 3. The molecule has 0 radical (unpaired) electrons. The van der Waals surface area contributed by atoms with Crippen molar-refractivity contribution in [2.75, 3.05) is 51.8 Å². The number of fused-ring (bicyclic) bond motifs is 3. The van der Waals surface area contributed by atoms with Gasteiger partial charge in [-0.3, -0.25) is 14.7 Å². The van der Waals surface area contributed by atoms with E-state index < -0.39 is 0 Å². The summed E-state index contributed by atoms with van der Waals surface area (Å²) in [5, 5.41) is 6.34. The minimum absolute atomic E-state index is 0.0758. The maximum atomic E-state index is 12.7. The molecule has 0 unspecified atom stereocenters. The van der Waals surface area contributed by atoms with Gasteiger partial charge in [-0.1, -0.05) is 46.9 Å². The number of nitrogens with one attached hydrogen (secondary N) is 2. The third kappa shape index (κ3) is 6.92. The first kappa shape index (κ1) is 30.2. The Bertz CT molecular complexity index is 1650. The number of aromatic nitrogens is 2. The van der Waals surface area contributed by atoms with E-state index in [-0.39, 0.29) is 5.91 Å². The predicted octanol–water partition coefficient (Wildman–Crippen LogP) is 5.63. The SMILES string of the molecule is COc1ccccc1C1=NCc2cnc(Nc3ccc(C(=O)NCCCN4CCOCC4)cc3)nc2-c2ccc(CI)cc21. The van der Waals surface area contributed by atoms with E-state index in [0.717, 1.165) is 88.8 Å². The van der Waals surface area contributed by atoms with Crippen molar-refractivity contribution in [2.45, 2.75) is 17.4 Å². The van der Waals surface area contributed by atoms with E-state index in [4.69, 9.17) is 19.5 Å². The number of methoxy groups -OCH3 is 1. The molecule has 44 heavy (non-hydrogen) atoms. The molecule has 1 amide bonds. The number of halogens is 1. The zero-order valence-electron chi connectivity index (χ0n) is 24.7. The number of morpholine rings is 1. The molecule has 3 aromatic carbocycles. The van der Waals surface area contributed by atoms with Gasteiger partial charge in [-0.25, -0.2) is 9.97 Å². The molecule has 1 fully saturated rings. The predicted molar refractivity (Wildman–Crippen MR) is 181 cm³/mol. The van der Waals surface area contributed by atoms with Gasteiger partial charge in [-0.2, -0.15) is 0 Å². The molecule has 2 aliphatic heterocycles. The second kappa shape index (κ2) is 14.3. The van der Waals surface area contributed by atoms with Crippen molar-refractivity contribution >= 4 is 45.8 Å². The number of hydrogen-bond donors (Lipinski definition) is 2. The number of aliphatic imine (C=N–C) groups is 1. The fraction of sp³-hybridized carbons (Fsp3) is 0.294. The Labute approximate surface area is 271 Å². The molecule has 2 N–H and O–H groups in total. The lowest BCUT2D eigenvalue weighted by atomic mass is 9.93. The maximum absolute atomic E-state index is 12.7. The smallest absolute Gasteiger partial charge is 0.251 e. The highest BCUT2D eigenvalue weighted by Gasteiger charge is 2.23. The molecular formula is C34H35IN6O3. The van der Waals surface area contributed by atoms with Gasteiger partial charge in [0, 0.05) is 63.8 Å². The topological polar surface area (TPSA) is 101 Å². The molecule has 9 nitrogen and oxygen atoms in total. The van der Waals surface area contributed by atoms with Crippen molar-refractivity contribution in [3.05, 3.63) is 101 Å². The number of anilines is 2. The number of ether oxygens (including phenoxy) is 2. The summed E-state index contributed by atoms with van der Waals surface area (Å²) in [5.41, 5.74) is 8.27. The van der Waals surface area contributed by atoms with Crippen molar-refractivity contribution in [1.29, 1.82) is 0 Å². The summed E-state index contributed by atoms with van der Waals surface area (Å²) in [6.45, 7) is 5.55. The third-order valence-corrected chi connectivity index (χ3v) is 8.71. The van der Waals surface area contributed by atoms with Gasteiger partial charge in [-0.05, 0) is 61.0 Å². The molecule has 3 heterocycles. The number of rotatable bonds is 10. The number of amides is 1. The Kier molecular flexibility index (Phi) is 9.79. The van der Waals surface area contributed by atoms with Crippen molar-refractivity contribution < 1.29 is 14.3 Å². The highest BCUT2D eigenvalue weighted by molar-refractivity contribution is 14.1. The van der Waals surface area contributed by atoms with Crippen LogP contribution in [0.5, 0.6) is 5.75 Å². The van der Waals surface area contributed by atoms with Gasteiger partial charge in [0.1, 0.15) is 5.75 Å². The van der Waals surface area contributed by atoms with E-state index in [1.54, 1.807) is 7.11 Å². The normalized spacial score (nSPS) is 14.5. The van der Waals surface area contributed by atoms with Crippen LogP contribution in [0.2, 0.25) is 0 Å². The molecule has 0 aliphatic carbocycles. The highest BCUT2D eigenvalue weighted by Crippen LogP contribution is 2.35. The summed E-state index contributed by atoms with van der Waals surface area (Å²) in [4.78, 5) is 29.7. The number of hydrogen-bond acceptors (Lipinski definition) is 8. The molecule has 226 valence electrons. The number of para-hydroxylation sites is 1. The molecule has 4 aromatic rings. The van der Waals surface area contributed by atoms with Gasteiger partial charge in [0.2, 0.25) is 5.95 Å². The van der Waals surface area contributed by atoms with Crippen LogP contribution >= 0.6 is 22.6 Å². The van der Waals surface area contributed by atoms with Gasteiger partial charge in [0.15, 0.2) is 0 Å². The van der Waals surface area contributed by atoms with Gasteiger partial charge >= 0.3 is 0 Å². The molecule has 0 spiro atoms. The quantitative estimate of drug-likeness (QED) is 0.126. The van der Waals surface area contributed by atoms with Crippen molar-refractivity contribution in [3.63, 3.8) is 0 Å². The third-order valence-electron chi connectivity index (χ3n) is 7.83. The number of carbonyl (C=O) groups excluding carboxylic acids is 1. The van der Waals surface area contributed by atoms with Crippen LogP contribution in [0.25, 0.3) is 11.3 Å². The number of alkyl halides is 1. The molecule has 2 aliphatic rings. The molecule has 1 saturated heterocycles. The van der Waals surface area contributed by atoms with E-state index in [1.807, 2.05) is 54.7 Å². The van der Waals surface area contributed by atoms with Crippen LogP contribution in [-0.4, -0.2) is 73.0 Å². The number of nitrogens with zero attached hydrogens (tertiary/aromatic N) is 4. The first-order chi connectivity index (χ1) is 21.6. The highest BCUT2D eigenvalue weighted by atomic mass is 127. The molecule has 1 aromatic heterocycles. The van der Waals surface area contributed by atoms with Crippen LogP contribution in [0, 0.1) is 0 Å². The zero-order valence-corrected chi connectivity index (χ0v) is 26.8. The monoisotopic (exact) mass is 702 g/mol. The summed E-state index contributed by atoms with van der Waals surface area (Å²) >= 11 is 2.38. The second-order valence-corrected chi connectivity index (χ2v) is 11.5. The average molecular weight is 703 g/mol. The summed E-state index contributed by atoms with van der Waals surface area (Å²) in [6.07, 6.45) is 2.75. The van der Waals surface area contributed by atoms with Gasteiger partial charge in [0.05, 0.1) is 38.3 Å². The number of carbonyl (C=O) groups is 1.